The number of nitrogens with zero attached hydrogens (tertiary/aromatic N) is 2. The van der Waals surface area contributed by atoms with E-state index in [-0.39, 0.29) is 0 Å². The number of fused-ring (bicyclic) bond motifs is 1. The molecule has 3 rings (SSSR count). The summed E-state index contributed by atoms with van der Waals surface area (Å²) in [5, 5.41) is 9.61. The van der Waals surface area contributed by atoms with Gasteiger partial charge in [-0.1, -0.05) is 17.7 Å². The molecule has 0 amide bonds. The Kier molecular flexibility index (Phi) is 5.53. The van der Waals surface area contributed by atoms with E-state index in [0.29, 0.717) is 34.5 Å². The number of carbonyl (C=O) groups excluding carboxylic acids is 1. The predicted octanol–water partition coefficient (Wildman–Crippen LogP) is 4.41. The van der Waals surface area contributed by atoms with Crippen LogP contribution < -0.4 is 9.47 Å². The molecule has 2 aromatic carbocycles. The normalized spacial score (nSPS) is 11.8. The number of ether oxygens (including phenoxy) is 3. The third-order valence-corrected chi connectivity index (χ3v) is 3.74. The second-order valence-corrected chi connectivity index (χ2v) is 5.91. The highest BCUT2D eigenvalue weighted by Crippen LogP contribution is 2.25. The van der Waals surface area contributed by atoms with Gasteiger partial charge >= 0.3 is 5.97 Å². The Hall–Kier alpha value is -2.86. The quantitative estimate of drug-likeness (QED) is 0.597. The van der Waals surface area contributed by atoms with Crippen molar-refractivity contribution in [2.75, 3.05) is 6.61 Å². The number of hydrogen-bond donors (Lipinski definition) is 0. The van der Waals surface area contributed by atoms with Crippen molar-refractivity contribution in [3.05, 3.63) is 53.6 Å². The van der Waals surface area contributed by atoms with Crippen LogP contribution in [-0.2, 0) is 9.53 Å². The van der Waals surface area contributed by atoms with Gasteiger partial charge in [0.25, 0.3) is 0 Å². The van der Waals surface area contributed by atoms with Crippen LogP contribution in [0, 0.1) is 0 Å². The number of carbonyl (C=O) groups is 1. The highest BCUT2D eigenvalue weighted by molar-refractivity contribution is 6.31. The van der Waals surface area contributed by atoms with Gasteiger partial charge in [-0.2, -0.15) is 0 Å². The second kappa shape index (κ2) is 8.01. The van der Waals surface area contributed by atoms with Gasteiger partial charge in [-0.15, -0.1) is 10.2 Å². The summed E-state index contributed by atoms with van der Waals surface area (Å²) in [7, 11) is 0. The standard InChI is InChI=1S/C19H17ClN2O4/c1-3-24-19(23)12(2)25-15-6-8-16(9-7-15)26-18-10-13-4-5-14(20)11-17(13)21-22-18/h4-12H,3H2,1-2H3. The number of halogens is 1. The smallest absolute Gasteiger partial charge is 0.347 e. The molecule has 0 aliphatic heterocycles. The fourth-order valence-electron chi connectivity index (χ4n) is 2.26. The number of rotatable bonds is 6. The monoisotopic (exact) mass is 372 g/mol. The van der Waals surface area contributed by atoms with Crippen molar-refractivity contribution < 1.29 is 19.0 Å². The molecule has 6 nitrogen and oxygen atoms in total. The van der Waals surface area contributed by atoms with E-state index in [0.717, 1.165) is 5.39 Å². The predicted molar refractivity (Wildman–Crippen MR) is 97.8 cm³/mol. The van der Waals surface area contributed by atoms with E-state index in [9.17, 15) is 4.79 Å². The van der Waals surface area contributed by atoms with E-state index >= 15 is 0 Å². The first-order chi connectivity index (χ1) is 12.5. The fourth-order valence-corrected chi connectivity index (χ4v) is 2.43. The van der Waals surface area contributed by atoms with Crippen LogP contribution >= 0.6 is 11.6 Å². The summed E-state index contributed by atoms with van der Waals surface area (Å²) in [6, 6.07) is 14.0. The molecule has 0 saturated carbocycles. The van der Waals surface area contributed by atoms with Crippen LogP contribution in [-0.4, -0.2) is 28.9 Å². The zero-order valence-electron chi connectivity index (χ0n) is 14.3. The van der Waals surface area contributed by atoms with Crippen LogP contribution in [0.15, 0.2) is 48.5 Å². The second-order valence-electron chi connectivity index (χ2n) is 5.47. The van der Waals surface area contributed by atoms with Crippen molar-refractivity contribution in [3.8, 4) is 17.4 Å². The van der Waals surface area contributed by atoms with E-state index in [1.54, 1.807) is 56.3 Å². The minimum atomic E-state index is -0.681. The summed E-state index contributed by atoms with van der Waals surface area (Å²) in [6.45, 7) is 3.71. The first-order valence-electron chi connectivity index (χ1n) is 8.09. The lowest BCUT2D eigenvalue weighted by atomic mass is 10.2. The molecule has 0 N–H and O–H groups in total. The van der Waals surface area contributed by atoms with Gasteiger partial charge in [-0.05, 0) is 50.2 Å². The molecule has 0 fully saturated rings. The van der Waals surface area contributed by atoms with Crippen LogP contribution in [0.25, 0.3) is 10.9 Å². The third kappa shape index (κ3) is 4.40. The zero-order valence-corrected chi connectivity index (χ0v) is 15.1. The van der Waals surface area contributed by atoms with E-state index in [1.807, 2.05) is 6.07 Å². The maximum atomic E-state index is 11.6. The van der Waals surface area contributed by atoms with Crippen molar-refractivity contribution in [3.63, 3.8) is 0 Å². The highest BCUT2D eigenvalue weighted by Gasteiger charge is 2.15. The minimum absolute atomic E-state index is 0.318. The van der Waals surface area contributed by atoms with Gasteiger partial charge in [0.05, 0.1) is 12.1 Å². The molecule has 1 heterocycles. The van der Waals surface area contributed by atoms with Crippen LogP contribution in [0.3, 0.4) is 0 Å². The van der Waals surface area contributed by atoms with Crippen LogP contribution in [0.4, 0.5) is 0 Å². The molecule has 0 radical (unpaired) electrons. The average Bonchev–Trinajstić information content (AvgIpc) is 2.63. The molecule has 134 valence electrons. The summed E-state index contributed by atoms with van der Waals surface area (Å²) < 4.78 is 16.2. The molecule has 0 aliphatic carbocycles. The molecule has 0 bridgehead atoms. The molecule has 3 aromatic rings. The topological polar surface area (TPSA) is 70.5 Å². The number of esters is 1. The Morgan fingerprint density at radius 1 is 1.08 bits per heavy atom. The highest BCUT2D eigenvalue weighted by atomic mass is 35.5. The van der Waals surface area contributed by atoms with E-state index in [4.69, 9.17) is 25.8 Å². The molecule has 7 heteroatoms. The number of benzene rings is 2. The lowest BCUT2D eigenvalue weighted by Crippen LogP contribution is -2.25. The summed E-state index contributed by atoms with van der Waals surface area (Å²) in [4.78, 5) is 11.6. The average molecular weight is 373 g/mol. The van der Waals surface area contributed by atoms with E-state index < -0.39 is 12.1 Å². The molecule has 0 spiro atoms. The number of aromatic nitrogens is 2. The maximum Gasteiger partial charge on any atom is 0.347 e. The van der Waals surface area contributed by atoms with Crippen molar-refractivity contribution >= 4 is 28.5 Å². The van der Waals surface area contributed by atoms with Crippen LogP contribution in [0.2, 0.25) is 5.02 Å². The van der Waals surface area contributed by atoms with E-state index in [1.165, 1.54) is 0 Å². The Balaban J connectivity index is 1.67. The van der Waals surface area contributed by atoms with Crippen molar-refractivity contribution in [2.45, 2.75) is 20.0 Å². The van der Waals surface area contributed by atoms with Gasteiger partial charge in [-0.25, -0.2) is 4.79 Å². The summed E-state index contributed by atoms with van der Waals surface area (Å²) in [5.41, 5.74) is 0.696. The molecular formula is C19H17ClN2O4. The Bertz CT molecular complexity index is 915. The van der Waals surface area contributed by atoms with Gasteiger partial charge < -0.3 is 14.2 Å². The van der Waals surface area contributed by atoms with Crippen LogP contribution in [0.1, 0.15) is 13.8 Å². The van der Waals surface area contributed by atoms with Gasteiger partial charge in [0, 0.05) is 16.5 Å². The lowest BCUT2D eigenvalue weighted by molar-refractivity contribution is -0.150. The SMILES string of the molecule is CCOC(=O)C(C)Oc1ccc(Oc2cc3ccc(Cl)cc3nn2)cc1. The van der Waals surface area contributed by atoms with Gasteiger partial charge in [-0.3, -0.25) is 0 Å². The Labute approximate surface area is 155 Å². The first kappa shape index (κ1) is 17.9. The Morgan fingerprint density at radius 3 is 2.54 bits per heavy atom. The molecule has 0 saturated heterocycles. The van der Waals surface area contributed by atoms with Crippen LogP contribution in [0.5, 0.6) is 17.4 Å². The van der Waals surface area contributed by atoms with Crippen molar-refractivity contribution in [1.82, 2.24) is 10.2 Å². The molecule has 1 unspecified atom stereocenters. The lowest BCUT2D eigenvalue weighted by Gasteiger charge is -2.13. The van der Waals surface area contributed by atoms with Crippen molar-refractivity contribution in [2.24, 2.45) is 0 Å². The summed E-state index contributed by atoms with van der Waals surface area (Å²) in [6.07, 6.45) is -0.681. The summed E-state index contributed by atoms with van der Waals surface area (Å²) in [5.74, 6) is 1.08. The molecule has 1 atom stereocenters. The minimum Gasteiger partial charge on any atom is -0.479 e. The van der Waals surface area contributed by atoms with Gasteiger partial charge in [0.2, 0.25) is 5.88 Å². The zero-order chi connectivity index (χ0) is 18.5. The third-order valence-electron chi connectivity index (χ3n) is 3.51. The fraction of sp³-hybridized carbons (Fsp3) is 0.211. The molecule has 0 aliphatic rings. The van der Waals surface area contributed by atoms with E-state index in [2.05, 4.69) is 10.2 Å². The number of hydrogen-bond acceptors (Lipinski definition) is 6. The Morgan fingerprint density at radius 2 is 1.81 bits per heavy atom. The molecular weight excluding hydrogens is 356 g/mol. The maximum absolute atomic E-state index is 11.6. The van der Waals surface area contributed by atoms with Crippen molar-refractivity contribution in [1.29, 1.82) is 0 Å². The molecule has 1 aromatic heterocycles. The van der Waals surface area contributed by atoms with Gasteiger partial charge in [0.15, 0.2) is 6.10 Å². The largest absolute Gasteiger partial charge is 0.479 e. The summed E-state index contributed by atoms with van der Waals surface area (Å²) >= 11 is 5.94. The first-order valence-corrected chi connectivity index (χ1v) is 8.47. The molecule has 26 heavy (non-hydrogen) atoms. The van der Waals surface area contributed by atoms with Gasteiger partial charge in [0.1, 0.15) is 11.5 Å².